The van der Waals surface area contributed by atoms with Gasteiger partial charge >= 0.3 is 0 Å². The van der Waals surface area contributed by atoms with Crippen LogP contribution in [0.1, 0.15) is 11.5 Å². The molecule has 26 heavy (non-hydrogen) atoms. The Balaban J connectivity index is 2.12. The number of pyridine rings is 1. The maximum Gasteiger partial charge on any atom is 0.223 e. The topological polar surface area (TPSA) is 82.0 Å². The second-order valence-corrected chi connectivity index (χ2v) is 6.30. The van der Waals surface area contributed by atoms with E-state index in [1.807, 2.05) is 13.0 Å². The van der Waals surface area contributed by atoms with Gasteiger partial charge in [0.05, 0.1) is 11.3 Å². The quantitative estimate of drug-likeness (QED) is 0.543. The first-order valence-corrected chi connectivity index (χ1v) is 8.23. The molecule has 3 heterocycles. The number of rotatable bonds is 2. The number of nitrogens with zero attached hydrogens (tertiary/aromatic N) is 5. The van der Waals surface area contributed by atoms with Crippen molar-refractivity contribution in [1.29, 1.82) is 0 Å². The van der Waals surface area contributed by atoms with Crippen molar-refractivity contribution >= 4 is 23.2 Å². The zero-order valence-corrected chi connectivity index (χ0v) is 14.8. The molecule has 6 nitrogen and oxygen atoms in total. The zero-order chi connectivity index (χ0) is 18.4. The lowest BCUT2D eigenvalue weighted by Gasteiger charge is -2.12. The van der Waals surface area contributed by atoms with Crippen LogP contribution in [0.4, 0.5) is 10.3 Å². The Hall–Kier alpha value is -3.06. The number of fused-ring (bicyclic) bond motifs is 1. The third kappa shape index (κ3) is 2.76. The van der Waals surface area contributed by atoms with E-state index in [4.69, 9.17) is 17.3 Å². The van der Waals surface area contributed by atoms with Crippen molar-refractivity contribution in [3.8, 4) is 22.4 Å². The summed E-state index contributed by atoms with van der Waals surface area (Å²) in [5.41, 5.74) is 10.2. The van der Waals surface area contributed by atoms with Crippen LogP contribution in [0.25, 0.3) is 28.0 Å². The molecule has 0 aliphatic carbocycles. The minimum atomic E-state index is -0.328. The summed E-state index contributed by atoms with van der Waals surface area (Å²) in [6.45, 7) is 3.63. The van der Waals surface area contributed by atoms with Crippen molar-refractivity contribution in [3.05, 3.63) is 58.9 Å². The van der Waals surface area contributed by atoms with Crippen LogP contribution in [0.3, 0.4) is 0 Å². The predicted octanol–water partition coefficient (Wildman–Crippen LogP) is 3.84. The first-order chi connectivity index (χ1) is 12.4. The molecule has 0 saturated heterocycles. The lowest BCUT2D eigenvalue weighted by molar-refractivity contribution is 0.628. The van der Waals surface area contributed by atoms with Crippen LogP contribution in [0, 0.1) is 19.7 Å². The third-order valence-corrected chi connectivity index (χ3v) is 4.14. The Bertz CT molecular complexity index is 1120. The summed E-state index contributed by atoms with van der Waals surface area (Å²) < 4.78 is 14.9. The predicted molar refractivity (Wildman–Crippen MR) is 98.3 cm³/mol. The van der Waals surface area contributed by atoms with Gasteiger partial charge in [-0.05, 0) is 55.8 Å². The number of hydrogen-bond donors (Lipinski definition) is 1. The molecule has 0 spiro atoms. The highest BCUT2D eigenvalue weighted by Crippen LogP contribution is 2.35. The number of aryl methyl sites for hydroxylation is 2. The van der Waals surface area contributed by atoms with Crippen molar-refractivity contribution in [3.63, 3.8) is 0 Å². The van der Waals surface area contributed by atoms with Gasteiger partial charge in [0, 0.05) is 11.3 Å². The molecular formula is C18H14ClFN6. The van der Waals surface area contributed by atoms with Crippen molar-refractivity contribution in [2.45, 2.75) is 13.8 Å². The van der Waals surface area contributed by atoms with Crippen LogP contribution in [0.5, 0.6) is 0 Å². The average molecular weight is 369 g/mol. The second-order valence-electron chi connectivity index (χ2n) is 5.91. The number of hydrogen-bond acceptors (Lipinski definition) is 5. The Morgan fingerprint density at radius 1 is 1.00 bits per heavy atom. The second kappa shape index (κ2) is 6.03. The first kappa shape index (κ1) is 16.4. The van der Waals surface area contributed by atoms with E-state index in [0.717, 1.165) is 11.3 Å². The summed E-state index contributed by atoms with van der Waals surface area (Å²) >= 11 is 6.16. The van der Waals surface area contributed by atoms with E-state index in [1.165, 1.54) is 16.6 Å². The molecule has 130 valence electrons. The van der Waals surface area contributed by atoms with Crippen molar-refractivity contribution < 1.29 is 4.39 Å². The van der Waals surface area contributed by atoms with Gasteiger partial charge in [0.25, 0.3) is 0 Å². The minimum absolute atomic E-state index is 0.195. The van der Waals surface area contributed by atoms with Gasteiger partial charge in [0.1, 0.15) is 16.8 Å². The number of nitrogen functional groups attached to an aromatic ring is 1. The van der Waals surface area contributed by atoms with Gasteiger partial charge in [-0.25, -0.2) is 19.3 Å². The Kier molecular flexibility index (Phi) is 3.81. The molecular weight excluding hydrogens is 355 g/mol. The van der Waals surface area contributed by atoms with E-state index >= 15 is 0 Å². The van der Waals surface area contributed by atoms with Gasteiger partial charge in [0.2, 0.25) is 5.95 Å². The average Bonchev–Trinajstić information content (AvgIpc) is 2.96. The molecule has 0 saturated carbocycles. The summed E-state index contributed by atoms with van der Waals surface area (Å²) in [6.07, 6.45) is 0. The summed E-state index contributed by atoms with van der Waals surface area (Å²) in [7, 11) is 0. The van der Waals surface area contributed by atoms with Gasteiger partial charge < -0.3 is 5.73 Å². The fourth-order valence-corrected chi connectivity index (χ4v) is 3.17. The highest BCUT2D eigenvalue weighted by molar-refractivity contribution is 6.29. The molecule has 3 aromatic heterocycles. The molecule has 4 aromatic rings. The standard InChI is InChI=1S/C18H14ClFN6/c1-9-7-12(8-14(19)22-9)15-16(11-3-5-13(20)6-4-11)24-18(21)26-17(15)23-10(2)25-26/h3-8H,1-2H3,(H2,21,24). The molecule has 1 aromatic carbocycles. The summed E-state index contributed by atoms with van der Waals surface area (Å²) in [6, 6.07) is 9.67. The molecule has 2 N–H and O–H groups in total. The number of nitrogens with two attached hydrogens (primary N) is 1. The van der Waals surface area contributed by atoms with E-state index in [1.54, 1.807) is 25.1 Å². The Morgan fingerprint density at radius 3 is 2.42 bits per heavy atom. The molecule has 8 heteroatoms. The van der Waals surface area contributed by atoms with Crippen molar-refractivity contribution in [2.75, 3.05) is 5.73 Å². The fourth-order valence-electron chi connectivity index (χ4n) is 2.92. The molecule has 0 amide bonds. The van der Waals surface area contributed by atoms with Gasteiger partial charge in [-0.15, -0.1) is 5.10 Å². The Labute approximate surface area is 153 Å². The molecule has 0 fully saturated rings. The molecule has 0 radical (unpaired) electrons. The third-order valence-electron chi connectivity index (χ3n) is 3.95. The number of aromatic nitrogens is 5. The minimum Gasteiger partial charge on any atom is -0.368 e. The molecule has 0 bridgehead atoms. The maximum absolute atomic E-state index is 13.4. The van der Waals surface area contributed by atoms with Crippen molar-refractivity contribution in [1.82, 2.24) is 24.6 Å². The van der Waals surface area contributed by atoms with Crippen molar-refractivity contribution in [2.24, 2.45) is 0 Å². The van der Waals surface area contributed by atoms with Crippen LogP contribution in [-0.4, -0.2) is 24.6 Å². The SMILES string of the molecule is Cc1cc(-c2c(-c3ccc(F)cc3)nc(N)n3nc(C)nc23)cc(Cl)n1. The van der Waals surface area contributed by atoms with Gasteiger partial charge in [-0.2, -0.15) is 4.52 Å². The van der Waals surface area contributed by atoms with Crippen LogP contribution in [-0.2, 0) is 0 Å². The first-order valence-electron chi connectivity index (χ1n) is 7.86. The van der Waals surface area contributed by atoms with Gasteiger partial charge in [-0.1, -0.05) is 11.6 Å². The number of anilines is 1. The molecule has 0 unspecified atom stereocenters. The number of benzene rings is 1. The molecule has 0 aliphatic heterocycles. The molecule has 4 rings (SSSR count). The highest BCUT2D eigenvalue weighted by atomic mass is 35.5. The van der Waals surface area contributed by atoms with Gasteiger partial charge in [0.15, 0.2) is 5.65 Å². The van der Waals surface area contributed by atoms with Gasteiger partial charge in [-0.3, -0.25) is 0 Å². The van der Waals surface area contributed by atoms with E-state index in [0.29, 0.717) is 33.4 Å². The van der Waals surface area contributed by atoms with E-state index in [9.17, 15) is 4.39 Å². The lowest BCUT2D eigenvalue weighted by Crippen LogP contribution is -2.06. The normalized spacial score (nSPS) is 11.2. The van der Waals surface area contributed by atoms with E-state index in [2.05, 4.69) is 20.1 Å². The molecule has 0 atom stereocenters. The monoisotopic (exact) mass is 368 g/mol. The highest BCUT2D eigenvalue weighted by Gasteiger charge is 2.20. The summed E-state index contributed by atoms with van der Waals surface area (Å²) in [5, 5.41) is 4.66. The largest absolute Gasteiger partial charge is 0.368 e. The fraction of sp³-hybridized carbons (Fsp3) is 0.111. The molecule has 0 aliphatic rings. The summed E-state index contributed by atoms with van der Waals surface area (Å²) in [4.78, 5) is 13.2. The zero-order valence-electron chi connectivity index (χ0n) is 14.0. The number of halogens is 2. The van der Waals surface area contributed by atoms with Crippen LogP contribution < -0.4 is 5.73 Å². The Morgan fingerprint density at radius 2 is 1.73 bits per heavy atom. The van der Waals surface area contributed by atoms with E-state index in [-0.39, 0.29) is 11.8 Å². The van der Waals surface area contributed by atoms with Crippen LogP contribution in [0.2, 0.25) is 5.15 Å². The van der Waals surface area contributed by atoms with Crippen LogP contribution >= 0.6 is 11.6 Å². The van der Waals surface area contributed by atoms with Crippen LogP contribution in [0.15, 0.2) is 36.4 Å². The maximum atomic E-state index is 13.4. The summed E-state index contributed by atoms with van der Waals surface area (Å²) in [5.74, 6) is 0.430. The lowest BCUT2D eigenvalue weighted by atomic mass is 10.00. The smallest absolute Gasteiger partial charge is 0.223 e. The van der Waals surface area contributed by atoms with E-state index < -0.39 is 0 Å².